The Kier molecular flexibility index (Phi) is 7.60. The highest BCUT2D eigenvalue weighted by Gasteiger charge is 2.31. The van der Waals surface area contributed by atoms with Crippen molar-refractivity contribution in [1.82, 2.24) is 4.90 Å². The second kappa shape index (κ2) is 10.4. The lowest BCUT2D eigenvalue weighted by Gasteiger charge is -2.14. The minimum Gasteiger partial charge on any atom is -0.326 e. The van der Waals surface area contributed by atoms with E-state index in [0.29, 0.717) is 28.6 Å². The number of benzene rings is 2. The molecule has 0 aromatic heterocycles. The standard InChI is InChI=1S/C24H24N2O2S2/c1-17-8-6-11-20(15-17)25-22(27)12-7-13-26-23(28)21(30-24(26)29)16-18(2)14-19-9-4-3-5-10-19/h3-6,8-11,14-16H,7,12-13H2,1-2H3,(H,25,27)/b18-14+,21-16+. The van der Waals surface area contributed by atoms with Crippen molar-refractivity contribution in [3.8, 4) is 0 Å². The fraction of sp³-hybridized carbons (Fsp3) is 0.208. The normalized spacial score (nSPS) is 15.7. The molecule has 0 atom stereocenters. The van der Waals surface area contributed by atoms with Crippen molar-refractivity contribution >= 4 is 51.9 Å². The van der Waals surface area contributed by atoms with Gasteiger partial charge in [-0.1, -0.05) is 72.5 Å². The van der Waals surface area contributed by atoms with Crippen LogP contribution in [0.1, 0.15) is 30.9 Å². The number of amides is 2. The van der Waals surface area contributed by atoms with E-state index >= 15 is 0 Å². The number of allylic oxidation sites excluding steroid dienone is 2. The van der Waals surface area contributed by atoms with E-state index in [1.54, 1.807) is 4.90 Å². The lowest BCUT2D eigenvalue weighted by molar-refractivity contribution is -0.122. The van der Waals surface area contributed by atoms with Gasteiger partial charge in [0.2, 0.25) is 5.91 Å². The van der Waals surface area contributed by atoms with Crippen molar-refractivity contribution in [2.75, 3.05) is 11.9 Å². The first-order chi connectivity index (χ1) is 14.4. The number of hydrogen-bond donors (Lipinski definition) is 1. The number of nitrogens with one attached hydrogen (secondary N) is 1. The first-order valence-corrected chi connectivity index (χ1v) is 11.0. The molecular formula is C24H24N2O2S2. The summed E-state index contributed by atoms with van der Waals surface area (Å²) in [4.78, 5) is 27.1. The Morgan fingerprint density at radius 2 is 1.93 bits per heavy atom. The number of thioether (sulfide) groups is 1. The summed E-state index contributed by atoms with van der Waals surface area (Å²) in [5.41, 5.74) is 3.95. The van der Waals surface area contributed by atoms with Crippen molar-refractivity contribution in [3.63, 3.8) is 0 Å². The van der Waals surface area contributed by atoms with Gasteiger partial charge in [-0.05, 0) is 55.2 Å². The van der Waals surface area contributed by atoms with Crippen LogP contribution in [0.2, 0.25) is 0 Å². The molecule has 0 radical (unpaired) electrons. The molecule has 1 heterocycles. The van der Waals surface area contributed by atoms with E-state index in [-0.39, 0.29) is 11.8 Å². The van der Waals surface area contributed by atoms with Crippen LogP contribution in [0, 0.1) is 6.92 Å². The summed E-state index contributed by atoms with van der Waals surface area (Å²) in [6.45, 7) is 4.38. The number of rotatable bonds is 7. The highest BCUT2D eigenvalue weighted by molar-refractivity contribution is 8.26. The van der Waals surface area contributed by atoms with Crippen LogP contribution in [0.5, 0.6) is 0 Å². The van der Waals surface area contributed by atoms with Gasteiger partial charge in [0.1, 0.15) is 4.32 Å². The van der Waals surface area contributed by atoms with Gasteiger partial charge in [0, 0.05) is 18.7 Å². The molecule has 2 amide bonds. The lowest BCUT2D eigenvalue weighted by atomic mass is 10.1. The van der Waals surface area contributed by atoms with Crippen molar-refractivity contribution in [3.05, 3.63) is 82.3 Å². The van der Waals surface area contributed by atoms with E-state index in [4.69, 9.17) is 12.2 Å². The van der Waals surface area contributed by atoms with Gasteiger partial charge in [-0.15, -0.1) is 0 Å². The van der Waals surface area contributed by atoms with Gasteiger partial charge in [-0.3, -0.25) is 14.5 Å². The van der Waals surface area contributed by atoms with Crippen LogP contribution >= 0.6 is 24.0 Å². The largest absolute Gasteiger partial charge is 0.326 e. The van der Waals surface area contributed by atoms with Gasteiger partial charge in [-0.2, -0.15) is 0 Å². The first kappa shape index (κ1) is 22.0. The molecule has 1 N–H and O–H groups in total. The SMILES string of the molecule is CC(=C\c1ccccc1)/C=C1/SC(=S)N(CCCC(=O)Nc2cccc(C)c2)C1=O. The molecule has 0 aliphatic carbocycles. The molecular weight excluding hydrogens is 412 g/mol. The van der Waals surface area contributed by atoms with Crippen LogP contribution in [0.15, 0.2) is 71.2 Å². The zero-order valence-corrected chi connectivity index (χ0v) is 18.7. The molecule has 0 unspecified atom stereocenters. The van der Waals surface area contributed by atoms with E-state index < -0.39 is 0 Å². The van der Waals surface area contributed by atoms with Gasteiger partial charge in [-0.25, -0.2) is 0 Å². The van der Waals surface area contributed by atoms with E-state index in [9.17, 15) is 9.59 Å². The van der Waals surface area contributed by atoms with Crippen LogP contribution in [-0.4, -0.2) is 27.6 Å². The highest BCUT2D eigenvalue weighted by Crippen LogP contribution is 2.32. The average Bonchev–Trinajstić information content (AvgIpc) is 2.96. The van der Waals surface area contributed by atoms with Crippen LogP contribution in [-0.2, 0) is 9.59 Å². The molecule has 1 aliphatic rings. The van der Waals surface area contributed by atoms with Crippen molar-refractivity contribution < 1.29 is 9.59 Å². The van der Waals surface area contributed by atoms with E-state index in [0.717, 1.165) is 22.4 Å². The van der Waals surface area contributed by atoms with E-state index in [1.165, 1.54) is 11.8 Å². The molecule has 1 saturated heterocycles. The number of hydrogen-bond acceptors (Lipinski definition) is 4. The minimum absolute atomic E-state index is 0.0665. The molecule has 0 saturated carbocycles. The smallest absolute Gasteiger partial charge is 0.266 e. The number of nitrogens with zero attached hydrogens (tertiary/aromatic N) is 1. The third-order valence-electron chi connectivity index (χ3n) is 4.51. The van der Waals surface area contributed by atoms with Gasteiger partial charge in [0.25, 0.3) is 5.91 Å². The molecule has 2 aromatic carbocycles. The van der Waals surface area contributed by atoms with E-state index in [2.05, 4.69) is 5.32 Å². The summed E-state index contributed by atoms with van der Waals surface area (Å²) in [6.07, 6.45) is 4.78. The van der Waals surface area contributed by atoms with Crippen LogP contribution in [0.3, 0.4) is 0 Å². The second-order valence-electron chi connectivity index (χ2n) is 7.15. The molecule has 0 bridgehead atoms. The third-order valence-corrected chi connectivity index (χ3v) is 5.89. The Morgan fingerprint density at radius 1 is 1.17 bits per heavy atom. The summed E-state index contributed by atoms with van der Waals surface area (Å²) in [6, 6.07) is 17.6. The molecule has 3 rings (SSSR count). The first-order valence-electron chi connectivity index (χ1n) is 9.77. The maximum absolute atomic E-state index is 12.7. The predicted octanol–water partition coefficient (Wildman–Crippen LogP) is 5.56. The van der Waals surface area contributed by atoms with Gasteiger partial charge >= 0.3 is 0 Å². The minimum atomic E-state index is -0.0927. The number of anilines is 1. The maximum Gasteiger partial charge on any atom is 0.266 e. The summed E-state index contributed by atoms with van der Waals surface area (Å²) in [5, 5.41) is 2.89. The Hall–Kier alpha value is -2.70. The molecule has 0 spiro atoms. The zero-order valence-electron chi connectivity index (χ0n) is 17.1. The molecule has 1 fully saturated rings. The molecule has 154 valence electrons. The molecule has 6 heteroatoms. The second-order valence-corrected chi connectivity index (χ2v) is 8.83. The Balaban J connectivity index is 1.53. The van der Waals surface area contributed by atoms with Gasteiger partial charge in [0.15, 0.2) is 0 Å². The van der Waals surface area contributed by atoms with Crippen molar-refractivity contribution in [2.24, 2.45) is 0 Å². The molecule has 2 aromatic rings. The topological polar surface area (TPSA) is 49.4 Å². The quantitative estimate of drug-likeness (QED) is 0.456. The molecule has 30 heavy (non-hydrogen) atoms. The fourth-order valence-corrected chi connectivity index (χ4v) is 4.46. The summed E-state index contributed by atoms with van der Waals surface area (Å²) < 4.78 is 0.540. The predicted molar refractivity (Wildman–Crippen MR) is 129 cm³/mol. The lowest BCUT2D eigenvalue weighted by Crippen LogP contribution is -2.29. The Morgan fingerprint density at radius 3 is 2.67 bits per heavy atom. The Bertz CT molecular complexity index is 1010. The molecule has 4 nitrogen and oxygen atoms in total. The van der Waals surface area contributed by atoms with Crippen LogP contribution in [0.25, 0.3) is 6.08 Å². The number of carbonyl (C=O) groups excluding carboxylic acids is 2. The van der Waals surface area contributed by atoms with E-state index in [1.807, 2.05) is 80.6 Å². The fourth-order valence-electron chi connectivity index (χ4n) is 3.10. The van der Waals surface area contributed by atoms with Gasteiger partial charge in [0.05, 0.1) is 4.91 Å². The molecule has 1 aliphatic heterocycles. The maximum atomic E-state index is 12.7. The highest BCUT2D eigenvalue weighted by atomic mass is 32.2. The summed E-state index contributed by atoms with van der Waals surface area (Å²) >= 11 is 6.69. The third kappa shape index (κ3) is 6.15. The van der Waals surface area contributed by atoms with Crippen LogP contribution < -0.4 is 5.32 Å². The number of carbonyl (C=O) groups is 2. The van der Waals surface area contributed by atoms with Crippen LogP contribution in [0.4, 0.5) is 5.69 Å². The summed E-state index contributed by atoms with van der Waals surface area (Å²) in [5.74, 6) is -0.159. The van der Waals surface area contributed by atoms with Crippen molar-refractivity contribution in [2.45, 2.75) is 26.7 Å². The summed E-state index contributed by atoms with van der Waals surface area (Å²) in [7, 11) is 0. The zero-order chi connectivity index (χ0) is 21.5. The number of thiocarbonyl (C=S) groups is 1. The Labute approximate surface area is 187 Å². The van der Waals surface area contributed by atoms with Crippen molar-refractivity contribution in [1.29, 1.82) is 0 Å². The number of aryl methyl sites for hydroxylation is 1. The average molecular weight is 437 g/mol. The monoisotopic (exact) mass is 436 g/mol. The van der Waals surface area contributed by atoms with Gasteiger partial charge < -0.3 is 5.32 Å².